The molecule has 0 aromatic heterocycles. The van der Waals surface area contributed by atoms with Crippen LogP contribution in [0, 0.1) is 20.8 Å². The molecule has 2 aromatic carbocycles. The van der Waals surface area contributed by atoms with Gasteiger partial charge in [0.2, 0.25) is 10.0 Å². The lowest BCUT2D eigenvalue weighted by Crippen LogP contribution is -3.15. The molecule has 6 nitrogen and oxygen atoms in total. The number of carbonyl (C=O) groups excluding carboxylic acids is 1. The minimum absolute atomic E-state index is 0.101. The molecule has 156 valence electrons. The van der Waals surface area contributed by atoms with Crippen LogP contribution in [0.3, 0.4) is 0 Å². The normalized spacial score (nSPS) is 16.0. The summed E-state index contributed by atoms with van der Waals surface area (Å²) in [7, 11) is -3.51. The van der Waals surface area contributed by atoms with Crippen molar-refractivity contribution in [2.75, 3.05) is 38.0 Å². The smallest absolute Gasteiger partial charge is 0.279 e. The molecule has 0 unspecified atom stereocenters. The highest BCUT2D eigenvalue weighted by molar-refractivity contribution is 7.89. The first kappa shape index (κ1) is 21.8. The average Bonchev–Trinajstić information content (AvgIpc) is 2.68. The molecule has 1 saturated heterocycles. The molecule has 0 radical (unpaired) electrons. The highest BCUT2D eigenvalue weighted by Gasteiger charge is 2.31. The molecule has 0 saturated carbocycles. The minimum atomic E-state index is -3.51. The van der Waals surface area contributed by atoms with Crippen LogP contribution < -0.4 is 10.2 Å². The van der Waals surface area contributed by atoms with Gasteiger partial charge in [-0.3, -0.25) is 4.79 Å². The molecule has 1 heterocycles. The second-order valence-electron chi connectivity index (χ2n) is 7.54. The van der Waals surface area contributed by atoms with Crippen molar-refractivity contribution in [3.8, 4) is 0 Å². The highest BCUT2D eigenvalue weighted by Crippen LogP contribution is 2.22. The fraction of sp³-hybridized carbons (Fsp3) is 0.381. The van der Waals surface area contributed by atoms with Gasteiger partial charge in [0.05, 0.1) is 31.1 Å². The summed E-state index contributed by atoms with van der Waals surface area (Å²) in [6, 6.07) is 10.6. The summed E-state index contributed by atoms with van der Waals surface area (Å²) in [4.78, 5) is 13.8. The SMILES string of the molecule is Cc1ccc(S(=O)(=O)N2CC[NH+](CC(=O)Nc3cccc(Cl)c3C)CC2)cc1C. The number of hydrogen-bond donors (Lipinski definition) is 2. The summed E-state index contributed by atoms with van der Waals surface area (Å²) in [5.41, 5.74) is 3.57. The average molecular weight is 437 g/mol. The zero-order chi connectivity index (χ0) is 21.2. The fourth-order valence-corrected chi connectivity index (χ4v) is 5.11. The molecule has 0 spiro atoms. The second kappa shape index (κ2) is 8.83. The lowest BCUT2D eigenvalue weighted by Gasteiger charge is -2.31. The lowest BCUT2D eigenvalue weighted by atomic mass is 10.1. The maximum absolute atomic E-state index is 12.9. The maximum atomic E-state index is 12.9. The highest BCUT2D eigenvalue weighted by atomic mass is 35.5. The van der Waals surface area contributed by atoms with Gasteiger partial charge in [-0.15, -0.1) is 0 Å². The second-order valence-corrected chi connectivity index (χ2v) is 9.88. The first-order chi connectivity index (χ1) is 13.7. The van der Waals surface area contributed by atoms with Gasteiger partial charge in [0.25, 0.3) is 5.91 Å². The number of halogens is 1. The number of carbonyl (C=O) groups is 1. The Kier molecular flexibility index (Phi) is 6.63. The van der Waals surface area contributed by atoms with Gasteiger partial charge in [-0.05, 0) is 61.7 Å². The maximum Gasteiger partial charge on any atom is 0.279 e. The summed E-state index contributed by atoms with van der Waals surface area (Å²) >= 11 is 6.10. The van der Waals surface area contributed by atoms with Crippen LogP contribution in [0.15, 0.2) is 41.3 Å². The number of hydrogen-bond acceptors (Lipinski definition) is 3. The van der Waals surface area contributed by atoms with Crippen LogP contribution in [0.25, 0.3) is 0 Å². The molecule has 0 atom stereocenters. The number of sulfonamides is 1. The van der Waals surface area contributed by atoms with Crippen LogP contribution in [-0.2, 0) is 14.8 Å². The van der Waals surface area contributed by atoms with Crippen molar-refractivity contribution in [1.29, 1.82) is 0 Å². The van der Waals surface area contributed by atoms with Crippen molar-refractivity contribution in [3.63, 3.8) is 0 Å². The van der Waals surface area contributed by atoms with E-state index in [-0.39, 0.29) is 5.91 Å². The first-order valence-electron chi connectivity index (χ1n) is 9.64. The third-order valence-corrected chi connectivity index (χ3v) is 7.80. The van der Waals surface area contributed by atoms with E-state index in [4.69, 9.17) is 11.6 Å². The van der Waals surface area contributed by atoms with Crippen LogP contribution >= 0.6 is 11.6 Å². The Bertz CT molecular complexity index is 1020. The number of nitrogens with zero attached hydrogens (tertiary/aromatic N) is 1. The molecule has 1 aliphatic heterocycles. The number of rotatable bonds is 5. The van der Waals surface area contributed by atoms with E-state index in [1.807, 2.05) is 32.9 Å². The van der Waals surface area contributed by atoms with Crippen molar-refractivity contribution in [2.24, 2.45) is 0 Å². The summed E-state index contributed by atoms with van der Waals surface area (Å²) < 4.78 is 27.3. The van der Waals surface area contributed by atoms with Crippen LogP contribution in [0.1, 0.15) is 16.7 Å². The Balaban J connectivity index is 1.58. The third-order valence-electron chi connectivity index (χ3n) is 5.50. The Labute approximate surface area is 177 Å². The summed E-state index contributed by atoms with van der Waals surface area (Å²) in [6.45, 7) is 8.01. The number of nitrogens with one attached hydrogen (secondary N) is 2. The van der Waals surface area contributed by atoms with Crippen LogP contribution in [0.2, 0.25) is 5.02 Å². The van der Waals surface area contributed by atoms with Crippen molar-refractivity contribution in [2.45, 2.75) is 25.7 Å². The molecule has 29 heavy (non-hydrogen) atoms. The topological polar surface area (TPSA) is 70.9 Å². The van der Waals surface area contributed by atoms with Crippen LogP contribution in [0.5, 0.6) is 0 Å². The number of piperazine rings is 1. The third kappa shape index (κ3) is 4.98. The van der Waals surface area contributed by atoms with Crippen molar-refractivity contribution in [1.82, 2.24) is 4.31 Å². The lowest BCUT2D eigenvalue weighted by molar-refractivity contribution is -0.895. The molecule has 0 aliphatic carbocycles. The van der Waals surface area contributed by atoms with Crippen LogP contribution in [-0.4, -0.2) is 51.4 Å². The largest absolute Gasteiger partial charge is 0.325 e. The molecule has 1 aliphatic rings. The Morgan fingerprint density at radius 3 is 2.45 bits per heavy atom. The molecule has 1 fully saturated rings. The standard InChI is InChI=1S/C21H26ClN3O3S/c1-15-7-8-18(13-16(15)2)29(27,28)25-11-9-24(10-12-25)14-21(26)23-20-6-4-5-19(22)17(20)3/h4-8,13H,9-12,14H2,1-3H3,(H,23,26)/p+1. The molecule has 8 heteroatoms. The van der Waals surface area contributed by atoms with Gasteiger partial charge >= 0.3 is 0 Å². The van der Waals surface area contributed by atoms with E-state index in [1.54, 1.807) is 24.3 Å². The first-order valence-corrected chi connectivity index (χ1v) is 11.5. The Morgan fingerprint density at radius 2 is 1.79 bits per heavy atom. The van der Waals surface area contributed by atoms with Gasteiger partial charge in [-0.1, -0.05) is 23.7 Å². The molecule has 0 bridgehead atoms. The molecule has 3 rings (SSSR count). The van der Waals surface area contributed by atoms with E-state index in [0.29, 0.717) is 48.3 Å². The quantitative estimate of drug-likeness (QED) is 0.750. The summed E-state index contributed by atoms with van der Waals surface area (Å²) in [5.74, 6) is -0.101. The van der Waals surface area contributed by atoms with Gasteiger partial charge in [0, 0.05) is 10.7 Å². The van der Waals surface area contributed by atoms with Crippen molar-refractivity contribution >= 4 is 33.2 Å². The zero-order valence-electron chi connectivity index (χ0n) is 17.0. The number of aryl methyl sites for hydroxylation is 2. The Morgan fingerprint density at radius 1 is 1.10 bits per heavy atom. The molecule has 2 aromatic rings. The summed E-state index contributed by atoms with van der Waals surface area (Å²) in [6.07, 6.45) is 0. The molecular formula is C21H27ClN3O3S+. The number of benzene rings is 2. The van der Waals surface area contributed by atoms with Gasteiger partial charge in [-0.25, -0.2) is 8.42 Å². The van der Waals surface area contributed by atoms with Gasteiger partial charge < -0.3 is 10.2 Å². The molecule has 2 N–H and O–H groups in total. The van der Waals surface area contributed by atoms with Crippen LogP contribution in [0.4, 0.5) is 5.69 Å². The van der Waals surface area contributed by atoms with E-state index >= 15 is 0 Å². The predicted molar refractivity (Wildman–Crippen MR) is 115 cm³/mol. The monoisotopic (exact) mass is 436 g/mol. The number of quaternary nitrogens is 1. The minimum Gasteiger partial charge on any atom is -0.325 e. The van der Waals surface area contributed by atoms with Crippen molar-refractivity contribution in [3.05, 3.63) is 58.1 Å². The van der Waals surface area contributed by atoms with Gasteiger partial charge in [-0.2, -0.15) is 4.31 Å². The van der Waals surface area contributed by atoms with E-state index in [2.05, 4.69) is 5.32 Å². The van der Waals surface area contributed by atoms with E-state index < -0.39 is 10.0 Å². The fourth-order valence-electron chi connectivity index (χ4n) is 3.41. The van der Waals surface area contributed by atoms with Gasteiger partial charge in [0.15, 0.2) is 6.54 Å². The van der Waals surface area contributed by atoms with E-state index in [0.717, 1.165) is 21.6 Å². The Hall–Kier alpha value is -1.93. The zero-order valence-corrected chi connectivity index (χ0v) is 18.5. The molecule has 1 amide bonds. The molecular weight excluding hydrogens is 410 g/mol. The van der Waals surface area contributed by atoms with Gasteiger partial charge in [0.1, 0.15) is 0 Å². The van der Waals surface area contributed by atoms with E-state index in [9.17, 15) is 13.2 Å². The number of amides is 1. The number of anilines is 1. The van der Waals surface area contributed by atoms with E-state index in [1.165, 1.54) is 4.31 Å². The van der Waals surface area contributed by atoms with Crippen molar-refractivity contribution < 1.29 is 18.1 Å². The summed E-state index contributed by atoms with van der Waals surface area (Å²) in [5, 5.41) is 3.51. The predicted octanol–water partition coefficient (Wildman–Crippen LogP) is 1.79.